The Bertz CT molecular complexity index is 1090. The quantitative estimate of drug-likeness (QED) is 0.121. The topological polar surface area (TPSA) is 321 Å². The SMILES string of the molecule is CCOc1cccc(C=N[C@H]2CCCC[C@@H]2N=Cc2cccc(OCC)c2[O-])c1[O-].O=[N+]([O-])[O-].O=[N+]([O-])[O-].O=[N+]([O-])[O-].[Ce+3].[Ni+2].[OH3+]. The maximum absolute atomic E-state index is 12.5. The molecule has 0 spiro atoms. The van der Waals surface area contributed by atoms with Gasteiger partial charge in [0.05, 0.1) is 40.6 Å². The van der Waals surface area contributed by atoms with Crippen LogP contribution in [-0.2, 0) is 22.0 Å². The molecule has 0 unspecified atom stereocenters. The van der Waals surface area contributed by atoms with Crippen LogP contribution in [0.25, 0.3) is 0 Å². The van der Waals surface area contributed by atoms with Crippen molar-refractivity contribution < 1.29 is 98.7 Å². The van der Waals surface area contributed by atoms with Gasteiger partial charge in [0, 0.05) is 12.4 Å². The van der Waals surface area contributed by atoms with Gasteiger partial charge < -0.3 is 71.1 Å². The summed E-state index contributed by atoms with van der Waals surface area (Å²) in [5.74, 6) is 0.388. The third-order valence-corrected chi connectivity index (χ3v) is 5.12. The first-order valence-corrected chi connectivity index (χ1v) is 12.2. The fourth-order valence-electron chi connectivity index (χ4n) is 3.60. The van der Waals surface area contributed by atoms with Crippen molar-refractivity contribution in [3.05, 3.63) is 93.5 Å². The van der Waals surface area contributed by atoms with Gasteiger partial charge in [-0.3, -0.25) is 9.98 Å². The fourth-order valence-corrected chi connectivity index (χ4v) is 3.60. The molecular formula is C24H31CeN5NiO14+. The normalized spacial score (nSPS) is 14.5. The molecule has 0 aliphatic heterocycles. The minimum atomic E-state index is -1.75. The van der Waals surface area contributed by atoms with E-state index in [9.17, 15) is 10.2 Å². The Labute approximate surface area is 300 Å². The molecule has 1 saturated carbocycles. The number of ether oxygens (including phenoxy) is 2. The van der Waals surface area contributed by atoms with Crippen molar-refractivity contribution in [1.29, 1.82) is 0 Å². The molecule has 0 aromatic heterocycles. The maximum atomic E-state index is 12.5. The average molecular weight is 812 g/mol. The molecular weight excluding hydrogens is 781 g/mol. The van der Waals surface area contributed by atoms with Crippen LogP contribution in [0, 0.1) is 87.7 Å². The van der Waals surface area contributed by atoms with E-state index in [-0.39, 0.29) is 87.3 Å². The summed E-state index contributed by atoms with van der Waals surface area (Å²) >= 11 is 0. The summed E-state index contributed by atoms with van der Waals surface area (Å²) in [5, 5.41) is 69.2. The zero-order valence-electron chi connectivity index (χ0n) is 24.0. The van der Waals surface area contributed by atoms with Crippen LogP contribution in [0.3, 0.4) is 0 Å². The maximum Gasteiger partial charge on any atom is 3.00 e. The van der Waals surface area contributed by atoms with E-state index in [1.807, 2.05) is 13.8 Å². The van der Waals surface area contributed by atoms with Gasteiger partial charge in [-0.2, -0.15) is 0 Å². The summed E-state index contributed by atoms with van der Waals surface area (Å²) in [6.45, 7) is 4.59. The number of para-hydroxylation sites is 2. The van der Waals surface area contributed by atoms with E-state index in [4.69, 9.17) is 55.4 Å². The predicted octanol–water partition coefficient (Wildman–Crippen LogP) is 1.84. The molecule has 0 bridgehead atoms. The van der Waals surface area contributed by atoms with Crippen LogP contribution in [0.2, 0.25) is 0 Å². The van der Waals surface area contributed by atoms with Crippen LogP contribution < -0.4 is 19.7 Å². The first-order valence-electron chi connectivity index (χ1n) is 12.2. The van der Waals surface area contributed by atoms with Crippen LogP contribution in [-0.4, -0.2) is 53.0 Å². The van der Waals surface area contributed by atoms with Gasteiger partial charge in [-0.25, -0.2) is 0 Å². The number of aliphatic imine (C=N–C) groups is 2. The summed E-state index contributed by atoms with van der Waals surface area (Å²) < 4.78 is 10.8. The van der Waals surface area contributed by atoms with Gasteiger partial charge in [0.2, 0.25) is 0 Å². The number of nitrogens with zero attached hydrogens (tertiary/aromatic N) is 5. The van der Waals surface area contributed by atoms with Gasteiger partial charge in [0.15, 0.2) is 0 Å². The van der Waals surface area contributed by atoms with Crippen molar-refractivity contribution in [2.24, 2.45) is 9.98 Å². The summed E-state index contributed by atoms with van der Waals surface area (Å²) in [7, 11) is 0. The Balaban J connectivity index is -0.000000482. The summed E-state index contributed by atoms with van der Waals surface area (Å²) in [6, 6.07) is 10.4. The third kappa shape index (κ3) is 22.6. The van der Waals surface area contributed by atoms with Crippen molar-refractivity contribution in [3.63, 3.8) is 0 Å². The van der Waals surface area contributed by atoms with Gasteiger partial charge in [-0.1, -0.05) is 48.6 Å². The molecule has 1 aliphatic rings. The second kappa shape index (κ2) is 27.9. The molecule has 1 fully saturated rings. The molecule has 249 valence electrons. The van der Waals surface area contributed by atoms with Crippen LogP contribution >= 0.6 is 0 Å². The molecule has 0 saturated heterocycles. The van der Waals surface area contributed by atoms with E-state index in [0.29, 0.717) is 35.8 Å². The van der Waals surface area contributed by atoms with Gasteiger partial charge in [0.1, 0.15) is 11.5 Å². The Hall–Kier alpha value is -3.59. The molecule has 1 aliphatic carbocycles. The zero-order valence-corrected chi connectivity index (χ0v) is 28.1. The van der Waals surface area contributed by atoms with Crippen molar-refractivity contribution in [2.45, 2.75) is 51.6 Å². The van der Waals surface area contributed by atoms with Crippen molar-refractivity contribution in [2.75, 3.05) is 13.2 Å². The van der Waals surface area contributed by atoms with Crippen LogP contribution in [0.15, 0.2) is 46.4 Å². The van der Waals surface area contributed by atoms with E-state index >= 15 is 0 Å². The van der Waals surface area contributed by atoms with Gasteiger partial charge in [0.25, 0.3) is 0 Å². The number of benzene rings is 2. The van der Waals surface area contributed by atoms with Crippen LogP contribution in [0.5, 0.6) is 23.0 Å². The molecule has 45 heavy (non-hydrogen) atoms. The molecule has 0 heterocycles. The summed E-state index contributed by atoms with van der Waals surface area (Å²) in [6.07, 6.45) is 7.23. The zero-order chi connectivity index (χ0) is 32.1. The molecule has 3 rings (SSSR count). The first-order chi connectivity index (χ1) is 19.8. The van der Waals surface area contributed by atoms with E-state index < -0.39 is 15.3 Å². The second-order valence-corrected chi connectivity index (χ2v) is 7.86. The van der Waals surface area contributed by atoms with Crippen molar-refractivity contribution in [1.82, 2.24) is 0 Å². The summed E-state index contributed by atoms with van der Waals surface area (Å²) in [5.41, 5.74) is 1.03. The fraction of sp³-hybridized carbons (Fsp3) is 0.417. The third-order valence-electron chi connectivity index (χ3n) is 5.12. The van der Waals surface area contributed by atoms with E-state index in [1.165, 1.54) is 0 Å². The average Bonchev–Trinajstić information content (AvgIpc) is 2.89. The minimum Gasteiger partial charge on any atom is -0.870 e. The molecule has 2 atom stereocenters. The molecule has 3 N–H and O–H groups in total. The van der Waals surface area contributed by atoms with Gasteiger partial charge >= 0.3 is 58.2 Å². The number of rotatable bonds is 8. The van der Waals surface area contributed by atoms with Crippen molar-refractivity contribution in [3.8, 4) is 23.0 Å². The van der Waals surface area contributed by atoms with E-state index in [2.05, 4.69) is 9.98 Å². The molecule has 21 heteroatoms. The second-order valence-electron chi connectivity index (χ2n) is 7.86. The number of hydrogen-bond donors (Lipinski definition) is 0. The van der Waals surface area contributed by atoms with Crippen molar-refractivity contribution >= 4 is 12.4 Å². The summed E-state index contributed by atoms with van der Waals surface area (Å²) in [4.78, 5) is 34.1. The molecule has 2 aromatic rings. The van der Waals surface area contributed by atoms with Gasteiger partial charge in [-0.05, 0) is 49.9 Å². The van der Waals surface area contributed by atoms with E-state index in [0.717, 1.165) is 25.7 Å². The van der Waals surface area contributed by atoms with Gasteiger partial charge in [-0.15, -0.1) is 0 Å². The van der Waals surface area contributed by atoms with E-state index in [1.54, 1.807) is 48.8 Å². The standard InChI is InChI=1S/C24H30N2O4.Ce.3NO3.Ni.H2O/c1-3-29-21-13-7-9-17(23(21)27)15-25-19-11-5-6-12-20(19)26-16-18-10-8-14-22(24(18)28)30-4-2;;3*2-1(3)4;;/h7-10,13-16,19-20,27-28H,3-6,11-12H2,1-2H3;;;;;;1H2/q;+3;3*-1;+2;/p-1/t19-,20-;;;;;;/m0....../s1. The molecule has 2 aromatic carbocycles. The Morgan fingerprint density at radius 1 is 0.711 bits per heavy atom. The first kappa shape index (κ1) is 48.3. The smallest absolute Gasteiger partial charge is 0.870 e. The molecule has 0 amide bonds. The Morgan fingerprint density at radius 2 is 1.00 bits per heavy atom. The number of hydrogen-bond acceptors (Lipinski definition) is 15. The van der Waals surface area contributed by atoms with Crippen LogP contribution in [0.1, 0.15) is 50.7 Å². The minimum absolute atomic E-state index is 0. The largest absolute Gasteiger partial charge is 3.00 e. The monoisotopic (exact) mass is 811 g/mol. The Kier molecular flexibility index (Phi) is 30.0. The molecule has 1 radical (unpaired) electrons. The van der Waals surface area contributed by atoms with Crippen LogP contribution in [0.4, 0.5) is 0 Å². The predicted molar refractivity (Wildman–Crippen MR) is 151 cm³/mol. The molecule has 19 nitrogen and oxygen atoms in total. The Morgan fingerprint density at radius 3 is 1.27 bits per heavy atom.